The van der Waals surface area contributed by atoms with E-state index in [1.165, 1.54) is 18.6 Å². The number of carbonyl (C=O) groups is 2. The fourth-order valence-corrected chi connectivity index (χ4v) is 0.821. The van der Waals surface area contributed by atoms with Gasteiger partial charge in [0.1, 0.15) is 6.26 Å². The number of aliphatic carboxylic acids is 1. The number of aliphatic hydroxyl groups excluding tert-OH is 1. The molecule has 6 nitrogen and oxygen atoms in total. The number of hydrogen-bond donors (Lipinski definition) is 3. The molecular formula is C8H9NO5. The summed E-state index contributed by atoms with van der Waals surface area (Å²) in [4.78, 5) is 21.7. The predicted molar refractivity (Wildman–Crippen MR) is 44.7 cm³/mol. The fraction of sp³-hybridized carbons (Fsp3) is 0.250. The molecule has 1 rings (SSSR count). The molecule has 0 saturated carbocycles. The van der Waals surface area contributed by atoms with Crippen LogP contribution >= 0.6 is 0 Å². The average Bonchev–Trinajstić information content (AvgIpc) is 2.65. The van der Waals surface area contributed by atoms with E-state index in [1.807, 2.05) is 0 Å². The van der Waals surface area contributed by atoms with Crippen molar-refractivity contribution in [2.45, 2.75) is 6.04 Å². The second-order valence-electron chi connectivity index (χ2n) is 2.56. The van der Waals surface area contributed by atoms with Gasteiger partial charge in [-0.15, -0.1) is 0 Å². The highest BCUT2D eigenvalue weighted by Crippen LogP contribution is 1.99. The van der Waals surface area contributed by atoms with Crippen molar-refractivity contribution in [3.63, 3.8) is 0 Å². The van der Waals surface area contributed by atoms with E-state index in [0.717, 1.165) is 0 Å². The third kappa shape index (κ3) is 2.33. The Labute approximate surface area is 79.1 Å². The third-order valence-corrected chi connectivity index (χ3v) is 1.57. The minimum absolute atomic E-state index is 0.213. The predicted octanol–water partition coefficient (Wildman–Crippen LogP) is -0.545. The van der Waals surface area contributed by atoms with E-state index in [9.17, 15) is 9.59 Å². The summed E-state index contributed by atoms with van der Waals surface area (Å²) in [7, 11) is 0. The van der Waals surface area contributed by atoms with Crippen LogP contribution in [0.1, 0.15) is 10.4 Å². The molecule has 76 valence electrons. The molecule has 1 atom stereocenters. The van der Waals surface area contributed by atoms with Crippen molar-refractivity contribution in [2.75, 3.05) is 6.61 Å². The zero-order chi connectivity index (χ0) is 10.6. The van der Waals surface area contributed by atoms with Gasteiger partial charge in [-0.2, -0.15) is 0 Å². The standard InChI is InChI=1S/C8H9NO5/c10-3-6(8(12)13)9-7(11)5-1-2-14-4-5/h1-2,4,6,10H,3H2,(H,9,11)(H,12,13)/t6-/m1/s1. The highest BCUT2D eigenvalue weighted by molar-refractivity contribution is 5.96. The Kier molecular flexibility index (Phi) is 3.24. The summed E-state index contributed by atoms with van der Waals surface area (Å²) in [5, 5.41) is 19.3. The molecule has 0 spiro atoms. The zero-order valence-corrected chi connectivity index (χ0v) is 7.14. The van der Waals surface area contributed by atoms with Gasteiger partial charge in [0.25, 0.3) is 5.91 Å². The van der Waals surface area contributed by atoms with Gasteiger partial charge < -0.3 is 19.9 Å². The molecule has 1 aromatic heterocycles. The number of furan rings is 1. The molecule has 1 heterocycles. The molecule has 0 aliphatic heterocycles. The van der Waals surface area contributed by atoms with Gasteiger partial charge in [-0.25, -0.2) is 4.79 Å². The summed E-state index contributed by atoms with van der Waals surface area (Å²) in [6.45, 7) is -0.654. The average molecular weight is 199 g/mol. The van der Waals surface area contributed by atoms with Crippen molar-refractivity contribution in [1.29, 1.82) is 0 Å². The highest BCUT2D eigenvalue weighted by Gasteiger charge is 2.19. The lowest BCUT2D eigenvalue weighted by atomic mass is 10.2. The summed E-state index contributed by atoms with van der Waals surface area (Å²) in [5.41, 5.74) is 0.213. The monoisotopic (exact) mass is 199 g/mol. The number of aliphatic hydroxyl groups is 1. The number of carboxylic acids is 1. The van der Waals surface area contributed by atoms with Crippen LogP contribution in [0.2, 0.25) is 0 Å². The van der Waals surface area contributed by atoms with Gasteiger partial charge in [0, 0.05) is 0 Å². The summed E-state index contributed by atoms with van der Waals surface area (Å²) in [6, 6.07) is 0.100. The normalized spacial score (nSPS) is 12.1. The maximum atomic E-state index is 11.2. The van der Waals surface area contributed by atoms with Gasteiger partial charge in [0.2, 0.25) is 0 Å². The fourth-order valence-electron chi connectivity index (χ4n) is 0.821. The van der Waals surface area contributed by atoms with Crippen molar-refractivity contribution in [3.8, 4) is 0 Å². The number of nitrogens with one attached hydrogen (secondary N) is 1. The second-order valence-corrected chi connectivity index (χ2v) is 2.56. The molecule has 6 heteroatoms. The van der Waals surface area contributed by atoms with Crippen LogP contribution in [0.15, 0.2) is 23.0 Å². The molecule has 0 radical (unpaired) electrons. The van der Waals surface area contributed by atoms with E-state index in [2.05, 4.69) is 9.73 Å². The van der Waals surface area contributed by atoms with Crippen molar-refractivity contribution >= 4 is 11.9 Å². The van der Waals surface area contributed by atoms with Crippen molar-refractivity contribution in [3.05, 3.63) is 24.2 Å². The van der Waals surface area contributed by atoms with Gasteiger partial charge in [0.15, 0.2) is 6.04 Å². The van der Waals surface area contributed by atoms with Gasteiger partial charge in [-0.1, -0.05) is 0 Å². The van der Waals surface area contributed by atoms with E-state index in [0.29, 0.717) is 0 Å². The maximum absolute atomic E-state index is 11.2. The lowest BCUT2D eigenvalue weighted by Gasteiger charge is -2.09. The summed E-state index contributed by atoms with van der Waals surface area (Å²) >= 11 is 0. The summed E-state index contributed by atoms with van der Waals surface area (Å²) < 4.78 is 4.64. The molecule has 1 amide bonds. The Hall–Kier alpha value is -1.82. The Morgan fingerprint density at radius 1 is 1.57 bits per heavy atom. The Bertz CT molecular complexity index is 318. The maximum Gasteiger partial charge on any atom is 0.328 e. The summed E-state index contributed by atoms with van der Waals surface area (Å²) in [6.07, 6.45) is 2.48. The van der Waals surface area contributed by atoms with Crippen LogP contribution in [0.4, 0.5) is 0 Å². The molecule has 0 bridgehead atoms. The number of hydrogen-bond acceptors (Lipinski definition) is 4. The molecule has 1 aromatic rings. The largest absolute Gasteiger partial charge is 0.480 e. The van der Waals surface area contributed by atoms with E-state index in [-0.39, 0.29) is 5.56 Å². The number of amides is 1. The molecule has 0 aliphatic rings. The first kappa shape index (κ1) is 10.3. The van der Waals surface area contributed by atoms with E-state index < -0.39 is 24.5 Å². The molecule has 0 fully saturated rings. The van der Waals surface area contributed by atoms with Crippen LogP contribution in [-0.2, 0) is 4.79 Å². The summed E-state index contributed by atoms with van der Waals surface area (Å²) in [5.74, 6) is -1.88. The van der Waals surface area contributed by atoms with Crippen molar-refractivity contribution in [2.24, 2.45) is 0 Å². The molecule has 3 N–H and O–H groups in total. The Morgan fingerprint density at radius 2 is 2.29 bits per heavy atom. The number of carbonyl (C=O) groups excluding carboxylic acids is 1. The van der Waals surface area contributed by atoms with Crippen LogP contribution < -0.4 is 5.32 Å². The van der Waals surface area contributed by atoms with Gasteiger partial charge in [-0.3, -0.25) is 4.79 Å². The van der Waals surface area contributed by atoms with Crippen LogP contribution in [-0.4, -0.2) is 34.7 Å². The first-order chi connectivity index (χ1) is 6.65. The Balaban J connectivity index is 2.60. The van der Waals surface area contributed by atoms with E-state index in [4.69, 9.17) is 10.2 Å². The SMILES string of the molecule is O=C(N[C@H](CO)C(=O)O)c1ccoc1. The molecule has 0 saturated heterocycles. The molecule has 0 aliphatic carbocycles. The molecule has 14 heavy (non-hydrogen) atoms. The number of rotatable bonds is 4. The Morgan fingerprint density at radius 3 is 2.71 bits per heavy atom. The van der Waals surface area contributed by atoms with Gasteiger partial charge in [0.05, 0.1) is 18.4 Å². The van der Waals surface area contributed by atoms with Gasteiger partial charge >= 0.3 is 5.97 Å². The lowest BCUT2D eigenvalue weighted by Crippen LogP contribution is -2.43. The highest BCUT2D eigenvalue weighted by atomic mass is 16.4. The smallest absolute Gasteiger partial charge is 0.328 e. The first-order valence-corrected chi connectivity index (χ1v) is 3.82. The minimum Gasteiger partial charge on any atom is -0.480 e. The van der Waals surface area contributed by atoms with Crippen LogP contribution in [0.3, 0.4) is 0 Å². The van der Waals surface area contributed by atoms with Crippen LogP contribution in [0, 0.1) is 0 Å². The number of carboxylic acid groups (broad SMARTS) is 1. The van der Waals surface area contributed by atoms with Crippen molar-refractivity contribution < 1.29 is 24.2 Å². The zero-order valence-electron chi connectivity index (χ0n) is 7.14. The lowest BCUT2D eigenvalue weighted by molar-refractivity contribution is -0.140. The van der Waals surface area contributed by atoms with E-state index in [1.54, 1.807) is 0 Å². The van der Waals surface area contributed by atoms with Crippen LogP contribution in [0.25, 0.3) is 0 Å². The quantitative estimate of drug-likeness (QED) is 0.604. The second kappa shape index (κ2) is 4.43. The topological polar surface area (TPSA) is 99.8 Å². The molecule has 0 aromatic carbocycles. The first-order valence-electron chi connectivity index (χ1n) is 3.82. The van der Waals surface area contributed by atoms with Gasteiger partial charge in [-0.05, 0) is 6.07 Å². The van der Waals surface area contributed by atoms with Crippen LogP contribution in [0.5, 0.6) is 0 Å². The van der Waals surface area contributed by atoms with E-state index >= 15 is 0 Å². The van der Waals surface area contributed by atoms with Crippen molar-refractivity contribution in [1.82, 2.24) is 5.32 Å². The minimum atomic E-state index is -1.29. The molecular weight excluding hydrogens is 190 g/mol. The molecule has 0 unspecified atom stereocenters. The third-order valence-electron chi connectivity index (χ3n) is 1.57.